The van der Waals surface area contributed by atoms with Crippen LogP contribution in [0.4, 0.5) is 8.63 Å². The summed E-state index contributed by atoms with van der Waals surface area (Å²) in [5.74, 6) is -0.905. The smallest absolute Gasteiger partial charge is 0.502 e. The molecule has 5 heteroatoms. The highest BCUT2D eigenvalue weighted by Crippen LogP contribution is 2.18. The molecule has 0 unspecified atom stereocenters. The lowest BCUT2D eigenvalue weighted by molar-refractivity contribution is 0.0978. The van der Waals surface area contributed by atoms with Crippen LogP contribution in [0.3, 0.4) is 0 Å². The fourth-order valence-corrected chi connectivity index (χ4v) is 2.72. The molecule has 0 spiro atoms. The van der Waals surface area contributed by atoms with E-state index in [9.17, 15) is 13.4 Å². The zero-order valence-corrected chi connectivity index (χ0v) is 15.2. The highest BCUT2D eigenvalue weighted by Gasteiger charge is 2.24. The standard InChI is InChI=1S/C21H23BF2O2/c1-3-5-16-7-9-18(10-8-16)15-20(26-22(23)24)21(25)19-13-11-17(6-4-2)12-14-19/h7-15H,3-6H2,1-2H3/b20-15+. The number of halogens is 2. The molecule has 0 fully saturated rings. The van der Waals surface area contributed by atoms with Crippen molar-refractivity contribution in [3.05, 3.63) is 76.5 Å². The summed E-state index contributed by atoms with van der Waals surface area (Å²) in [5.41, 5.74) is 3.26. The number of benzene rings is 2. The van der Waals surface area contributed by atoms with Gasteiger partial charge >= 0.3 is 7.47 Å². The third-order valence-corrected chi connectivity index (χ3v) is 4.01. The Hall–Kier alpha value is -2.43. The van der Waals surface area contributed by atoms with Crippen LogP contribution in [0.1, 0.15) is 53.7 Å². The summed E-state index contributed by atoms with van der Waals surface area (Å²) in [6.45, 7) is 4.16. The molecule has 0 saturated heterocycles. The Kier molecular flexibility index (Phi) is 7.58. The molecule has 0 aliphatic heterocycles. The van der Waals surface area contributed by atoms with Crippen molar-refractivity contribution < 1.29 is 18.1 Å². The summed E-state index contributed by atoms with van der Waals surface area (Å²) in [4.78, 5) is 12.6. The Morgan fingerprint density at radius 1 is 0.923 bits per heavy atom. The van der Waals surface area contributed by atoms with Crippen molar-refractivity contribution in [1.29, 1.82) is 0 Å². The predicted octanol–water partition coefficient (Wildman–Crippen LogP) is 5.76. The molecular formula is C21H23BF2O2. The maximum atomic E-state index is 12.8. The Morgan fingerprint density at radius 3 is 1.88 bits per heavy atom. The maximum absolute atomic E-state index is 12.8. The van der Waals surface area contributed by atoms with E-state index in [-0.39, 0.29) is 5.76 Å². The summed E-state index contributed by atoms with van der Waals surface area (Å²) in [5, 5.41) is 0. The van der Waals surface area contributed by atoms with Crippen LogP contribution in [0.2, 0.25) is 0 Å². The number of allylic oxidation sites excluding steroid dienone is 1. The second kappa shape index (κ2) is 9.90. The van der Waals surface area contributed by atoms with E-state index in [1.54, 1.807) is 24.3 Å². The second-order valence-corrected chi connectivity index (χ2v) is 6.15. The lowest BCUT2D eigenvalue weighted by atomic mass is 10.0. The van der Waals surface area contributed by atoms with Crippen LogP contribution < -0.4 is 0 Å². The summed E-state index contributed by atoms with van der Waals surface area (Å²) >= 11 is 0. The lowest BCUT2D eigenvalue weighted by Crippen LogP contribution is -2.13. The van der Waals surface area contributed by atoms with Crippen LogP contribution in [-0.2, 0) is 17.5 Å². The molecule has 0 aliphatic rings. The number of carbonyl (C=O) groups is 1. The number of hydrogen-bond acceptors (Lipinski definition) is 2. The van der Waals surface area contributed by atoms with E-state index in [0.29, 0.717) is 11.1 Å². The fraction of sp³-hybridized carbons (Fsp3) is 0.286. The Balaban J connectivity index is 2.26. The third-order valence-electron chi connectivity index (χ3n) is 4.01. The minimum absolute atomic E-state index is 0.333. The monoisotopic (exact) mass is 356 g/mol. The highest BCUT2D eigenvalue weighted by atomic mass is 19.2. The molecule has 0 saturated carbocycles. The number of rotatable bonds is 9. The molecule has 0 heterocycles. The molecule has 0 radical (unpaired) electrons. The number of hydrogen-bond donors (Lipinski definition) is 0. The van der Waals surface area contributed by atoms with Gasteiger partial charge in [-0.05, 0) is 35.6 Å². The molecular weight excluding hydrogens is 333 g/mol. The normalized spacial score (nSPS) is 11.3. The van der Waals surface area contributed by atoms with Gasteiger partial charge in [0, 0.05) is 5.56 Å². The average Bonchev–Trinajstić information content (AvgIpc) is 2.63. The molecule has 0 aliphatic carbocycles. The van der Waals surface area contributed by atoms with Gasteiger partial charge in [0.15, 0.2) is 5.76 Å². The predicted molar refractivity (Wildman–Crippen MR) is 102 cm³/mol. The molecule has 0 bridgehead atoms. The number of Topliss-reactive ketones (excluding diaryl/α,β-unsaturated/α-hetero) is 1. The average molecular weight is 356 g/mol. The maximum Gasteiger partial charge on any atom is 0.796 e. The number of carbonyl (C=O) groups excluding carboxylic acids is 1. The first-order valence-electron chi connectivity index (χ1n) is 8.92. The van der Waals surface area contributed by atoms with E-state index < -0.39 is 13.3 Å². The molecule has 136 valence electrons. The van der Waals surface area contributed by atoms with Crippen LogP contribution in [0.5, 0.6) is 0 Å². The first kappa shape index (κ1) is 19.9. The lowest BCUT2D eigenvalue weighted by Gasteiger charge is -2.09. The van der Waals surface area contributed by atoms with Gasteiger partial charge in [-0.25, -0.2) is 8.63 Å². The molecule has 2 rings (SSSR count). The Labute approximate surface area is 154 Å². The van der Waals surface area contributed by atoms with Gasteiger partial charge in [0.2, 0.25) is 5.78 Å². The zero-order valence-electron chi connectivity index (χ0n) is 15.2. The van der Waals surface area contributed by atoms with Gasteiger partial charge in [0.1, 0.15) is 0 Å². The van der Waals surface area contributed by atoms with Crippen LogP contribution in [0.15, 0.2) is 54.3 Å². The summed E-state index contributed by atoms with van der Waals surface area (Å²) in [6, 6.07) is 14.5. The molecule has 26 heavy (non-hydrogen) atoms. The van der Waals surface area contributed by atoms with Crippen molar-refractivity contribution >= 4 is 19.3 Å². The van der Waals surface area contributed by atoms with Crippen LogP contribution in [-0.4, -0.2) is 13.3 Å². The van der Waals surface area contributed by atoms with Crippen LogP contribution >= 0.6 is 0 Å². The van der Waals surface area contributed by atoms with Crippen molar-refractivity contribution in [2.75, 3.05) is 0 Å². The molecule has 2 nitrogen and oxygen atoms in total. The third kappa shape index (κ3) is 5.83. The molecule has 0 aromatic heterocycles. The van der Waals surface area contributed by atoms with E-state index in [4.69, 9.17) is 0 Å². The van der Waals surface area contributed by atoms with Gasteiger partial charge < -0.3 is 4.65 Å². The largest absolute Gasteiger partial charge is 0.796 e. The van der Waals surface area contributed by atoms with E-state index in [1.165, 1.54) is 11.6 Å². The SMILES string of the molecule is CCCc1ccc(/C=C(/OB(F)F)C(=O)c2ccc(CCC)cc2)cc1. The zero-order chi connectivity index (χ0) is 18.9. The van der Waals surface area contributed by atoms with Crippen LogP contribution in [0.25, 0.3) is 6.08 Å². The first-order valence-corrected chi connectivity index (χ1v) is 8.92. The second-order valence-electron chi connectivity index (χ2n) is 6.15. The van der Waals surface area contributed by atoms with Gasteiger partial charge in [0.05, 0.1) is 0 Å². The van der Waals surface area contributed by atoms with E-state index in [1.807, 2.05) is 24.3 Å². The summed E-state index contributed by atoms with van der Waals surface area (Å²) < 4.78 is 30.1. The van der Waals surface area contributed by atoms with Crippen molar-refractivity contribution in [3.63, 3.8) is 0 Å². The first-order chi connectivity index (χ1) is 12.5. The number of aryl methyl sites for hydroxylation is 2. The van der Waals surface area contributed by atoms with Crippen molar-refractivity contribution in [2.24, 2.45) is 0 Å². The van der Waals surface area contributed by atoms with Gasteiger partial charge in [-0.2, -0.15) is 0 Å². The quantitative estimate of drug-likeness (QED) is 0.247. The van der Waals surface area contributed by atoms with Gasteiger partial charge in [-0.3, -0.25) is 4.79 Å². The molecule has 2 aromatic rings. The Morgan fingerprint density at radius 2 is 1.42 bits per heavy atom. The van der Waals surface area contributed by atoms with E-state index in [2.05, 4.69) is 18.5 Å². The topological polar surface area (TPSA) is 26.3 Å². The fourth-order valence-electron chi connectivity index (χ4n) is 2.72. The van der Waals surface area contributed by atoms with Gasteiger partial charge in [-0.1, -0.05) is 75.2 Å². The summed E-state index contributed by atoms with van der Waals surface area (Å²) in [7, 11) is -3.05. The minimum atomic E-state index is -3.05. The Bertz CT molecular complexity index is 738. The van der Waals surface area contributed by atoms with Crippen molar-refractivity contribution in [3.8, 4) is 0 Å². The van der Waals surface area contributed by atoms with E-state index >= 15 is 0 Å². The highest BCUT2D eigenvalue weighted by molar-refractivity contribution is 6.36. The van der Waals surface area contributed by atoms with Gasteiger partial charge in [0.25, 0.3) is 0 Å². The minimum Gasteiger partial charge on any atom is -0.502 e. The number of ketones is 1. The molecule has 2 aromatic carbocycles. The molecule has 0 atom stereocenters. The molecule has 0 amide bonds. The molecule has 0 N–H and O–H groups in total. The summed E-state index contributed by atoms with van der Waals surface area (Å²) in [6.07, 6.45) is 5.26. The van der Waals surface area contributed by atoms with Crippen molar-refractivity contribution in [1.82, 2.24) is 0 Å². The van der Waals surface area contributed by atoms with Crippen molar-refractivity contribution in [2.45, 2.75) is 39.5 Å². The van der Waals surface area contributed by atoms with Gasteiger partial charge in [-0.15, -0.1) is 0 Å². The van der Waals surface area contributed by atoms with Crippen LogP contribution in [0, 0.1) is 0 Å². The van der Waals surface area contributed by atoms with E-state index in [0.717, 1.165) is 31.2 Å².